The quantitative estimate of drug-likeness (QED) is 0.835. The molecule has 1 spiro atoms. The maximum atomic E-state index is 13.6. The third-order valence-electron chi connectivity index (χ3n) is 5.32. The van der Waals surface area contributed by atoms with E-state index in [-0.39, 0.29) is 18.3 Å². The minimum Gasteiger partial charge on any atom is -0.362 e. The predicted octanol–water partition coefficient (Wildman–Crippen LogP) is 2.93. The summed E-state index contributed by atoms with van der Waals surface area (Å²) < 4.78 is 19.7. The number of morpholine rings is 1. The topological polar surface area (TPSA) is 45.7 Å². The van der Waals surface area contributed by atoms with Gasteiger partial charge in [-0.2, -0.15) is 0 Å². The molecule has 2 aromatic rings. The highest BCUT2D eigenvalue weighted by Crippen LogP contribution is 2.32. The maximum Gasteiger partial charge on any atom is 0.253 e. The Hall–Kier alpha value is -2.31. The molecule has 6 heteroatoms. The van der Waals surface area contributed by atoms with Crippen LogP contribution in [-0.4, -0.2) is 47.6 Å². The van der Waals surface area contributed by atoms with Crippen molar-refractivity contribution in [1.29, 1.82) is 0 Å². The lowest BCUT2D eigenvalue weighted by Crippen LogP contribution is -2.61. The second-order valence-corrected chi connectivity index (χ2v) is 7.52. The molecule has 3 heterocycles. The van der Waals surface area contributed by atoms with Crippen molar-refractivity contribution in [1.82, 2.24) is 9.88 Å². The molecule has 4 rings (SSSR count). The summed E-state index contributed by atoms with van der Waals surface area (Å²) in [6.07, 6.45) is 1.89. The first-order valence-electron chi connectivity index (χ1n) is 9.38. The molecule has 0 saturated carbocycles. The molecule has 0 radical (unpaired) electrons. The van der Waals surface area contributed by atoms with Gasteiger partial charge in [-0.1, -0.05) is 12.1 Å². The summed E-state index contributed by atoms with van der Waals surface area (Å²) in [5.74, 6) is -0.458. The lowest BCUT2D eigenvalue weighted by molar-refractivity contribution is -0.146. The number of carbonyl (C=O) groups excluding carboxylic acids is 1. The lowest BCUT2D eigenvalue weighted by Gasteiger charge is -2.47. The van der Waals surface area contributed by atoms with Crippen LogP contribution in [0.2, 0.25) is 0 Å². The van der Waals surface area contributed by atoms with Gasteiger partial charge in [-0.15, -0.1) is 0 Å². The Labute approximate surface area is 158 Å². The van der Waals surface area contributed by atoms with Gasteiger partial charge in [-0.25, -0.2) is 4.39 Å². The van der Waals surface area contributed by atoms with Crippen LogP contribution in [0.3, 0.4) is 0 Å². The smallest absolute Gasteiger partial charge is 0.253 e. The number of hydrogen-bond acceptors (Lipinski definition) is 4. The SMILES string of the molecule is Cc1cccc(CN2CCCC3(C2)CN(c2cccc(F)c2)C(=O)CO3)n1. The van der Waals surface area contributed by atoms with Gasteiger partial charge in [0.1, 0.15) is 12.4 Å². The minimum atomic E-state index is -0.414. The Bertz CT molecular complexity index is 844. The van der Waals surface area contributed by atoms with E-state index in [1.165, 1.54) is 12.1 Å². The Kier molecular flexibility index (Phi) is 4.93. The fraction of sp³-hybridized carbons (Fsp3) is 0.429. The maximum absolute atomic E-state index is 13.6. The molecule has 2 aliphatic heterocycles. The van der Waals surface area contributed by atoms with Crippen molar-refractivity contribution < 1.29 is 13.9 Å². The molecule has 1 unspecified atom stereocenters. The van der Waals surface area contributed by atoms with E-state index in [0.29, 0.717) is 12.2 Å². The summed E-state index contributed by atoms with van der Waals surface area (Å²) in [4.78, 5) is 21.0. The fourth-order valence-corrected chi connectivity index (χ4v) is 4.08. The second kappa shape index (κ2) is 7.37. The van der Waals surface area contributed by atoms with E-state index in [1.54, 1.807) is 17.0 Å². The molecular weight excluding hydrogens is 345 g/mol. The first-order chi connectivity index (χ1) is 13.0. The molecule has 0 bridgehead atoms. The van der Waals surface area contributed by atoms with E-state index in [1.807, 2.05) is 25.1 Å². The zero-order valence-corrected chi connectivity index (χ0v) is 15.5. The molecule has 1 aromatic heterocycles. The Morgan fingerprint density at radius 3 is 2.89 bits per heavy atom. The minimum absolute atomic E-state index is 0.0348. The molecule has 1 aromatic carbocycles. The third kappa shape index (κ3) is 4.01. The number of amides is 1. The Balaban J connectivity index is 1.51. The number of benzene rings is 1. The summed E-state index contributed by atoms with van der Waals surface area (Å²) in [5.41, 5.74) is 2.24. The zero-order chi connectivity index (χ0) is 18.9. The first kappa shape index (κ1) is 18.1. The number of aromatic nitrogens is 1. The van der Waals surface area contributed by atoms with E-state index in [9.17, 15) is 9.18 Å². The number of rotatable bonds is 3. The van der Waals surface area contributed by atoms with Gasteiger partial charge < -0.3 is 9.64 Å². The van der Waals surface area contributed by atoms with E-state index in [4.69, 9.17) is 4.74 Å². The summed E-state index contributed by atoms with van der Waals surface area (Å²) in [6, 6.07) is 12.3. The zero-order valence-electron chi connectivity index (χ0n) is 15.5. The van der Waals surface area contributed by atoms with Gasteiger partial charge in [-0.05, 0) is 56.6 Å². The van der Waals surface area contributed by atoms with Crippen molar-refractivity contribution >= 4 is 11.6 Å². The molecule has 142 valence electrons. The summed E-state index contributed by atoms with van der Waals surface area (Å²) >= 11 is 0. The number of ether oxygens (including phenoxy) is 1. The number of carbonyl (C=O) groups is 1. The van der Waals surface area contributed by atoms with Crippen LogP contribution in [0.4, 0.5) is 10.1 Å². The molecule has 1 atom stereocenters. The average molecular weight is 369 g/mol. The van der Waals surface area contributed by atoms with Crippen LogP contribution < -0.4 is 4.90 Å². The summed E-state index contributed by atoms with van der Waals surface area (Å²) in [5, 5.41) is 0. The normalized spacial score (nSPS) is 23.8. The van der Waals surface area contributed by atoms with Crippen LogP contribution >= 0.6 is 0 Å². The van der Waals surface area contributed by atoms with Crippen LogP contribution in [-0.2, 0) is 16.1 Å². The number of nitrogens with zero attached hydrogens (tertiary/aromatic N) is 3. The number of aryl methyl sites for hydroxylation is 1. The predicted molar refractivity (Wildman–Crippen MR) is 101 cm³/mol. The van der Waals surface area contributed by atoms with Crippen molar-refractivity contribution in [3.63, 3.8) is 0 Å². The Morgan fingerprint density at radius 2 is 2.07 bits per heavy atom. The highest BCUT2D eigenvalue weighted by Gasteiger charge is 2.43. The van der Waals surface area contributed by atoms with Gasteiger partial charge in [-0.3, -0.25) is 14.7 Å². The van der Waals surface area contributed by atoms with Gasteiger partial charge >= 0.3 is 0 Å². The average Bonchev–Trinajstić information content (AvgIpc) is 2.64. The van der Waals surface area contributed by atoms with E-state index < -0.39 is 5.60 Å². The number of piperidine rings is 1. The molecule has 2 fully saturated rings. The highest BCUT2D eigenvalue weighted by atomic mass is 19.1. The van der Waals surface area contributed by atoms with Crippen LogP contribution in [0, 0.1) is 12.7 Å². The standard InChI is InChI=1S/C21H24FN3O2/c1-16-5-2-7-18(23-16)12-24-10-4-9-21(14-24)15-25(20(26)13-27-21)19-8-3-6-17(22)11-19/h2-3,5-8,11H,4,9-10,12-15H2,1H3. The van der Waals surface area contributed by atoms with E-state index in [0.717, 1.165) is 43.9 Å². The van der Waals surface area contributed by atoms with Crippen LogP contribution in [0.1, 0.15) is 24.2 Å². The number of halogens is 1. The molecular formula is C21H24FN3O2. The number of likely N-dealkylation sites (tertiary alicyclic amines) is 1. The van der Waals surface area contributed by atoms with Crippen molar-refractivity contribution in [2.75, 3.05) is 31.1 Å². The van der Waals surface area contributed by atoms with Gasteiger partial charge in [0.2, 0.25) is 0 Å². The number of hydrogen-bond donors (Lipinski definition) is 0. The van der Waals surface area contributed by atoms with Crippen LogP contribution in [0.5, 0.6) is 0 Å². The van der Waals surface area contributed by atoms with Crippen LogP contribution in [0.15, 0.2) is 42.5 Å². The highest BCUT2D eigenvalue weighted by molar-refractivity contribution is 5.95. The molecule has 2 saturated heterocycles. The van der Waals surface area contributed by atoms with Crippen molar-refractivity contribution in [3.8, 4) is 0 Å². The monoisotopic (exact) mass is 369 g/mol. The molecule has 27 heavy (non-hydrogen) atoms. The molecule has 0 aliphatic carbocycles. The number of pyridine rings is 1. The van der Waals surface area contributed by atoms with Gasteiger partial charge in [0.25, 0.3) is 5.91 Å². The van der Waals surface area contributed by atoms with Gasteiger partial charge in [0, 0.05) is 24.5 Å². The first-order valence-corrected chi connectivity index (χ1v) is 9.38. The third-order valence-corrected chi connectivity index (χ3v) is 5.32. The lowest BCUT2D eigenvalue weighted by atomic mass is 9.90. The molecule has 2 aliphatic rings. The van der Waals surface area contributed by atoms with E-state index >= 15 is 0 Å². The van der Waals surface area contributed by atoms with Gasteiger partial charge in [0.05, 0.1) is 17.8 Å². The van der Waals surface area contributed by atoms with Crippen molar-refractivity contribution in [2.24, 2.45) is 0 Å². The van der Waals surface area contributed by atoms with E-state index in [2.05, 4.69) is 9.88 Å². The van der Waals surface area contributed by atoms with Crippen molar-refractivity contribution in [3.05, 3.63) is 59.7 Å². The number of anilines is 1. The Morgan fingerprint density at radius 1 is 1.22 bits per heavy atom. The van der Waals surface area contributed by atoms with Crippen molar-refractivity contribution in [2.45, 2.75) is 31.9 Å². The fourth-order valence-electron chi connectivity index (χ4n) is 4.08. The molecule has 5 nitrogen and oxygen atoms in total. The summed E-state index contributed by atoms with van der Waals surface area (Å²) in [7, 11) is 0. The largest absolute Gasteiger partial charge is 0.362 e. The summed E-state index contributed by atoms with van der Waals surface area (Å²) in [6.45, 7) is 4.96. The second-order valence-electron chi connectivity index (χ2n) is 7.52. The van der Waals surface area contributed by atoms with Gasteiger partial charge in [0.15, 0.2) is 0 Å². The van der Waals surface area contributed by atoms with Crippen LogP contribution in [0.25, 0.3) is 0 Å². The molecule has 1 amide bonds. The molecule has 0 N–H and O–H groups in total.